The standard InChI is InChI=1S/C42H63Br7O28/c43-1-8-29-15(50)22(57)36(64-8)72-30-9(2-44)66-38(24(59)17(30)52)74-32-11(4-46)68-40(26(61)19(32)54)76-34-13(6-48)70-42(28(63)21(34)56)77-35-14(7-49)69-41(27(62)20(35)55)75-33-12(5-47)67-39(25(60)18(33)53)73-31-10(3-45)65-37(71-29)23(58)16(31)51/h8-42,50-63H,1-7H2/t8?,9?,10?,11?,12?,13?,14?,15-,16-,17-,18-,19-,20-,21-,22?,23?,24?,25?,26?,27?,28?,29-,30-,31-,32-,33-,34-,35-,36-,37-,38-,39-,40-,41-,42+/m1/s1. The van der Waals surface area contributed by atoms with Crippen molar-refractivity contribution in [2.45, 2.75) is 215 Å². The Morgan fingerprint density at radius 1 is 0.169 bits per heavy atom. The molecule has 14 bridgehead atoms. The Kier molecular flexibility index (Phi) is 24.0. The van der Waals surface area contributed by atoms with Crippen molar-refractivity contribution >= 4 is 112 Å². The van der Waals surface area contributed by atoms with Crippen molar-refractivity contribution in [3.63, 3.8) is 0 Å². The van der Waals surface area contributed by atoms with Gasteiger partial charge in [-0.1, -0.05) is 112 Å². The summed E-state index contributed by atoms with van der Waals surface area (Å²) in [5.74, 6) is 0. The van der Waals surface area contributed by atoms with Gasteiger partial charge in [0.1, 0.15) is 128 Å². The summed E-state index contributed by atoms with van der Waals surface area (Å²) >= 11 is 23.1. The molecule has 21 aliphatic rings. The maximum Gasteiger partial charge on any atom is 0.187 e. The van der Waals surface area contributed by atoms with Gasteiger partial charge in [0.2, 0.25) is 0 Å². The first kappa shape index (κ1) is 65.2. The highest BCUT2D eigenvalue weighted by atomic mass is 79.9. The molecule has 0 amide bonds. The quantitative estimate of drug-likeness (QED) is 0.106. The third-order valence-corrected chi connectivity index (χ3v) is 19.1. The van der Waals surface area contributed by atoms with Crippen molar-refractivity contribution in [3.05, 3.63) is 0 Å². The Bertz CT molecular complexity index is 1490. The number of ether oxygens (including phenoxy) is 14. The van der Waals surface area contributed by atoms with Crippen molar-refractivity contribution in [2.24, 2.45) is 0 Å². The predicted molar refractivity (Wildman–Crippen MR) is 275 cm³/mol. The summed E-state index contributed by atoms with van der Waals surface area (Å²) in [6.07, 6.45) is -58.0. The van der Waals surface area contributed by atoms with Gasteiger partial charge in [0, 0.05) is 37.3 Å². The predicted octanol–water partition coefficient (Wildman–Crippen LogP) is -5.41. The Balaban J connectivity index is 1.08. The van der Waals surface area contributed by atoms with Crippen LogP contribution < -0.4 is 0 Å². The van der Waals surface area contributed by atoms with Crippen LogP contribution in [0.4, 0.5) is 0 Å². The molecule has 21 aliphatic heterocycles. The summed E-state index contributed by atoms with van der Waals surface area (Å²) in [6, 6.07) is 0. The molecule has 77 heavy (non-hydrogen) atoms. The minimum atomic E-state index is -1.95. The van der Waals surface area contributed by atoms with Crippen LogP contribution in [-0.4, -0.2) is 324 Å². The van der Waals surface area contributed by atoms with E-state index in [-0.39, 0.29) is 37.3 Å². The smallest absolute Gasteiger partial charge is 0.187 e. The number of alkyl halides is 7. The van der Waals surface area contributed by atoms with Gasteiger partial charge < -0.3 is 138 Å². The zero-order valence-electron chi connectivity index (χ0n) is 39.8. The average molecular weight is 1580 g/mol. The summed E-state index contributed by atoms with van der Waals surface area (Å²) in [6.45, 7) is 0. The Morgan fingerprint density at radius 2 is 0.273 bits per heavy atom. The first-order valence-corrected chi connectivity index (χ1v) is 32.1. The van der Waals surface area contributed by atoms with Gasteiger partial charge in [0.15, 0.2) is 44.0 Å². The minimum absolute atomic E-state index is 0.103. The summed E-state index contributed by atoms with van der Waals surface area (Å²) in [7, 11) is 0. The highest BCUT2D eigenvalue weighted by Gasteiger charge is 2.59. The van der Waals surface area contributed by atoms with Crippen LogP contribution in [-0.2, 0) is 66.3 Å². The zero-order chi connectivity index (χ0) is 56.1. The molecule has 0 spiro atoms. The Hall–Kier alpha value is 2.24. The molecule has 0 radical (unpaired) electrons. The second-order valence-corrected chi connectivity index (χ2v) is 24.0. The molecule has 35 heteroatoms. The van der Waals surface area contributed by atoms with Gasteiger partial charge >= 0.3 is 0 Å². The fourth-order valence-electron chi connectivity index (χ4n) is 10.3. The van der Waals surface area contributed by atoms with E-state index < -0.39 is 215 Å². The van der Waals surface area contributed by atoms with Crippen LogP contribution in [0.15, 0.2) is 0 Å². The van der Waals surface area contributed by atoms with Gasteiger partial charge in [0.25, 0.3) is 0 Å². The van der Waals surface area contributed by atoms with Crippen molar-refractivity contribution in [3.8, 4) is 0 Å². The Labute approximate surface area is 497 Å². The maximum atomic E-state index is 11.5. The molecule has 14 N–H and O–H groups in total. The van der Waals surface area contributed by atoms with E-state index in [1.54, 1.807) is 0 Å². The van der Waals surface area contributed by atoms with Gasteiger partial charge in [-0.15, -0.1) is 0 Å². The van der Waals surface area contributed by atoms with Crippen LogP contribution in [0.5, 0.6) is 0 Å². The van der Waals surface area contributed by atoms with E-state index in [1.165, 1.54) is 0 Å². The molecule has 0 aromatic rings. The first-order valence-electron chi connectivity index (χ1n) is 24.3. The molecule has 21 rings (SSSR count). The van der Waals surface area contributed by atoms with E-state index in [9.17, 15) is 71.5 Å². The van der Waals surface area contributed by atoms with E-state index in [4.69, 9.17) is 66.3 Å². The lowest BCUT2D eigenvalue weighted by Gasteiger charge is -2.50. The van der Waals surface area contributed by atoms with Crippen molar-refractivity contribution in [1.82, 2.24) is 0 Å². The number of rotatable bonds is 7. The summed E-state index contributed by atoms with van der Waals surface area (Å²) < 4.78 is 84.2. The molecule has 0 aliphatic carbocycles. The lowest BCUT2D eigenvalue weighted by Crippen LogP contribution is -2.68. The third kappa shape index (κ3) is 13.4. The number of aliphatic hydroxyl groups is 14. The van der Waals surface area contributed by atoms with E-state index in [0.29, 0.717) is 0 Å². The van der Waals surface area contributed by atoms with Gasteiger partial charge in [-0.25, -0.2) is 0 Å². The molecule has 21 fully saturated rings. The van der Waals surface area contributed by atoms with E-state index in [2.05, 4.69) is 112 Å². The fraction of sp³-hybridized carbons (Fsp3) is 1.00. The van der Waals surface area contributed by atoms with E-state index in [0.717, 1.165) is 0 Å². The van der Waals surface area contributed by atoms with Gasteiger partial charge in [0.05, 0.1) is 42.7 Å². The molecule has 0 aromatic heterocycles. The SMILES string of the molecule is OC1[C@@H]2OC(CBr)[C@@H](O[C@H]3OC(CBr)[C@@H](O[C@H]4OC(CBr)[C@@H](O[C@H]5OC(CBr)[C@@H](O[C@@H]6OC(CBr)[C@@H](O[C@H]7OC(CBr)[C@@H](O[C@H]8OC(CBr)[C@@H](O2)[C@H](O)C8O)[C@H](O)C7O)[C@H](O)C6O)[C@H](O)C5O)[C@H](O)C4O)[C@H](O)C3O)[C@@H]1O. The van der Waals surface area contributed by atoms with Crippen LogP contribution in [0.3, 0.4) is 0 Å². The molecule has 35 atom stereocenters. The van der Waals surface area contributed by atoms with Crippen LogP contribution >= 0.6 is 112 Å². The minimum Gasteiger partial charge on any atom is -0.387 e. The second kappa shape index (κ2) is 28.4. The van der Waals surface area contributed by atoms with Crippen LogP contribution in [0.25, 0.3) is 0 Å². The summed E-state index contributed by atoms with van der Waals surface area (Å²) in [4.78, 5) is 0. The molecule has 28 nitrogen and oxygen atoms in total. The largest absolute Gasteiger partial charge is 0.387 e. The molecular formula is C42H63Br7O28. The summed E-state index contributed by atoms with van der Waals surface area (Å²) in [5, 5.41) is 160. The molecular weight excluding hydrogens is 1510 g/mol. The average Bonchev–Trinajstić information content (AvgIpc) is 3.47. The molecule has 0 aromatic carbocycles. The van der Waals surface area contributed by atoms with Crippen molar-refractivity contribution < 1.29 is 138 Å². The zero-order valence-corrected chi connectivity index (χ0v) is 50.9. The fourth-order valence-corrected chi connectivity index (χ4v) is 13.9. The molecule has 21 saturated heterocycles. The van der Waals surface area contributed by atoms with Crippen LogP contribution in [0.2, 0.25) is 0 Å². The molecule has 0 saturated carbocycles. The first-order chi connectivity index (χ1) is 36.7. The number of hydrogen-bond donors (Lipinski definition) is 14. The second-order valence-electron chi connectivity index (χ2n) is 19.5. The summed E-state index contributed by atoms with van der Waals surface area (Å²) in [5.41, 5.74) is 0. The van der Waals surface area contributed by atoms with Gasteiger partial charge in [-0.2, -0.15) is 0 Å². The van der Waals surface area contributed by atoms with Crippen LogP contribution in [0, 0.1) is 0 Å². The van der Waals surface area contributed by atoms with Crippen molar-refractivity contribution in [2.75, 3.05) is 37.3 Å². The topological polar surface area (TPSA) is 412 Å². The molecule has 14 unspecified atom stereocenters. The van der Waals surface area contributed by atoms with E-state index >= 15 is 0 Å². The van der Waals surface area contributed by atoms with Crippen molar-refractivity contribution in [1.29, 1.82) is 0 Å². The number of hydrogen-bond acceptors (Lipinski definition) is 28. The lowest BCUT2D eigenvalue weighted by atomic mass is 9.95. The third-order valence-electron chi connectivity index (χ3n) is 14.6. The monoisotopic (exact) mass is 1570 g/mol. The Morgan fingerprint density at radius 3 is 0.364 bits per heavy atom. The normalized spacial score (nSPS) is 55.4. The highest BCUT2D eigenvalue weighted by Crippen LogP contribution is 2.40. The van der Waals surface area contributed by atoms with Gasteiger partial charge in [-0.3, -0.25) is 0 Å². The molecule has 21 heterocycles. The van der Waals surface area contributed by atoms with E-state index in [1.807, 2.05) is 0 Å². The lowest BCUT2D eigenvalue weighted by molar-refractivity contribution is -0.388. The highest BCUT2D eigenvalue weighted by molar-refractivity contribution is 9.10. The number of halogens is 7. The number of aliphatic hydroxyl groups excluding tert-OH is 14. The van der Waals surface area contributed by atoms with Gasteiger partial charge in [-0.05, 0) is 0 Å². The molecule has 448 valence electrons. The maximum absolute atomic E-state index is 11.5. The van der Waals surface area contributed by atoms with Crippen LogP contribution in [0.1, 0.15) is 0 Å².